The number of nitrogens with zero attached hydrogens (tertiary/aromatic N) is 3. The van der Waals surface area contributed by atoms with Gasteiger partial charge in [-0.2, -0.15) is 4.31 Å². The summed E-state index contributed by atoms with van der Waals surface area (Å²) < 4.78 is 32.7. The predicted molar refractivity (Wildman–Crippen MR) is 118 cm³/mol. The predicted octanol–water partition coefficient (Wildman–Crippen LogP) is 2.36. The van der Waals surface area contributed by atoms with E-state index in [2.05, 4.69) is 0 Å². The molecule has 9 heteroatoms. The van der Waals surface area contributed by atoms with Gasteiger partial charge in [0.15, 0.2) is 5.76 Å². The Morgan fingerprint density at radius 1 is 0.938 bits per heavy atom. The van der Waals surface area contributed by atoms with Crippen molar-refractivity contribution < 1.29 is 22.4 Å². The molecule has 8 nitrogen and oxygen atoms in total. The standard InChI is InChI=1S/C23H29N3O5S/c1-18-7-9-20(10-8-18)32(29,30)26-13-4-12-24(14-15-26)22(27)19-5-2-11-25(17-19)23(28)21-6-3-16-31-21/h3,6-10,16,19H,2,4-5,11-15,17H2,1H3. The summed E-state index contributed by atoms with van der Waals surface area (Å²) in [5, 5.41) is 0. The Bertz CT molecular complexity index is 1050. The summed E-state index contributed by atoms with van der Waals surface area (Å²) >= 11 is 0. The van der Waals surface area contributed by atoms with Gasteiger partial charge < -0.3 is 14.2 Å². The monoisotopic (exact) mass is 459 g/mol. The highest BCUT2D eigenvalue weighted by Gasteiger charge is 2.34. The summed E-state index contributed by atoms with van der Waals surface area (Å²) in [6, 6.07) is 10.1. The molecule has 172 valence electrons. The molecule has 0 spiro atoms. The third-order valence-electron chi connectivity index (χ3n) is 6.22. The molecule has 32 heavy (non-hydrogen) atoms. The molecule has 0 saturated carbocycles. The van der Waals surface area contributed by atoms with Crippen molar-refractivity contribution in [3.8, 4) is 0 Å². The Morgan fingerprint density at radius 2 is 1.69 bits per heavy atom. The molecule has 1 atom stereocenters. The molecule has 2 aliphatic rings. The first-order valence-corrected chi connectivity index (χ1v) is 12.5. The number of carbonyl (C=O) groups excluding carboxylic acids is 2. The van der Waals surface area contributed by atoms with Gasteiger partial charge in [-0.3, -0.25) is 9.59 Å². The minimum Gasteiger partial charge on any atom is -0.459 e. The lowest BCUT2D eigenvalue weighted by atomic mass is 9.96. The first-order valence-electron chi connectivity index (χ1n) is 11.0. The van der Waals surface area contributed by atoms with Crippen LogP contribution in [0.4, 0.5) is 0 Å². The second-order valence-electron chi connectivity index (χ2n) is 8.46. The van der Waals surface area contributed by atoms with Crippen molar-refractivity contribution in [3.05, 3.63) is 54.0 Å². The third-order valence-corrected chi connectivity index (χ3v) is 8.13. The maximum atomic E-state index is 13.2. The molecule has 2 aromatic rings. The number of rotatable bonds is 4. The van der Waals surface area contributed by atoms with Crippen LogP contribution in [0.3, 0.4) is 0 Å². The molecule has 1 unspecified atom stereocenters. The highest BCUT2D eigenvalue weighted by Crippen LogP contribution is 2.23. The van der Waals surface area contributed by atoms with Crippen LogP contribution in [0.2, 0.25) is 0 Å². The molecule has 0 aliphatic carbocycles. The lowest BCUT2D eigenvalue weighted by Gasteiger charge is -2.34. The molecule has 4 rings (SSSR count). The number of furan rings is 1. The SMILES string of the molecule is Cc1ccc(S(=O)(=O)N2CCCN(C(=O)C3CCCN(C(=O)c4ccco4)C3)CC2)cc1. The highest BCUT2D eigenvalue weighted by molar-refractivity contribution is 7.89. The van der Waals surface area contributed by atoms with E-state index in [1.165, 1.54) is 10.6 Å². The quantitative estimate of drug-likeness (QED) is 0.700. The Labute approximate surface area is 188 Å². The van der Waals surface area contributed by atoms with E-state index >= 15 is 0 Å². The van der Waals surface area contributed by atoms with E-state index in [1.54, 1.807) is 46.2 Å². The van der Waals surface area contributed by atoms with Gasteiger partial charge in [0.2, 0.25) is 15.9 Å². The van der Waals surface area contributed by atoms with E-state index in [4.69, 9.17) is 4.42 Å². The third kappa shape index (κ3) is 4.73. The first kappa shape index (κ1) is 22.5. The maximum absolute atomic E-state index is 13.2. The maximum Gasteiger partial charge on any atom is 0.289 e. The van der Waals surface area contributed by atoms with Gasteiger partial charge in [-0.25, -0.2) is 8.42 Å². The zero-order chi connectivity index (χ0) is 22.7. The van der Waals surface area contributed by atoms with Gasteiger partial charge in [-0.1, -0.05) is 17.7 Å². The number of piperidine rings is 1. The van der Waals surface area contributed by atoms with Crippen molar-refractivity contribution in [2.45, 2.75) is 31.1 Å². The lowest BCUT2D eigenvalue weighted by Crippen LogP contribution is -2.47. The fourth-order valence-corrected chi connectivity index (χ4v) is 5.86. The van der Waals surface area contributed by atoms with Crippen molar-refractivity contribution in [2.24, 2.45) is 5.92 Å². The number of amides is 2. The molecule has 0 bridgehead atoms. The number of hydrogen-bond donors (Lipinski definition) is 0. The highest BCUT2D eigenvalue weighted by atomic mass is 32.2. The van der Waals surface area contributed by atoms with Crippen LogP contribution in [0.15, 0.2) is 52.0 Å². The van der Waals surface area contributed by atoms with Crippen molar-refractivity contribution in [1.29, 1.82) is 0 Å². The van der Waals surface area contributed by atoms with Crippen LogP contribution in [-0.4, -0.2) is 73.6 Å². The van der Waals surface area contributed by atoms with Crippen LogP contribution in [0.1, 0.15) is 35.4 Å². The largest absolute Gasteiger partial charge is 0.459 e. The zero-order valence-corrected chi connectivity index (χ0v) is 19.1. The summed E-state index contributed by atoms with van der Waals surface area (Å²) in [4.78, 5) is 29.5. The molecule has 1 aromatic carbocycles. The second-order valence-corrected chi connectivity index (χ2v) is 10.4. The van der Waals surface area contributed by atoms with Gasteiger partial charge in [0.05, 0.1) is 17.1 Å². The number of likely N-dealkylation sites (tertiary alicyclic amines) is 1. The molecule has 0 N–H and O–H groups in total. The molecule has 0 radical (unpaired) electrons. The number of benzene rings is 1. The van der Waals surface area contributed by atoms with E-state index < -0.39 is 10.0 Å². The molecular formula is C23H29N3O5S. The lowest BCUT2D eigenvalue weighted by molar-refractivity contribution is -0.136. The van der Waals surface area contributed by atoms with Crippen LogP contribution < -0.4 is 0 Å². The number of carbonyl (C=O) groups is 2. The van der Waals surface area contributed by atoms with Crippen molar-refractivity contribution in [2.75, 3.05) is 39.3 Å². The fourth-order valence-electron chi connectivity index (χ4n) is 4.39. The summed E-state index contributed by atoms with van der Waals surface area (Å²) in [6.07, 6.45) is 3.53. The van der Waals surface area contributed by atoms with Gasteiger partial charge in [0.1, 0.15) is 0 Å². The summed E-state index contributed by atoms with van der Waals surface area (Å²) in [5.74, 6) is -0.192. The van der Waals surface area contributed by atoms with Crippen LogP contribution in [0, 0.1) is 12.8 Å². The van der Waals surface area contributed by atoms with Crippen LogP contribution in [-0.2, 0) is 14.8 Å². The molecule has 1 aromatic heterocycles. The van der Waals surface area contributed by atoms with Crippen molar-refractivity contribution in [1.82, 2.24) is 14.1 Å². The topological polar surface area (TPSA) is 91.1 Å². The normalized spacial score (nSPS) is 20.7. The van der Waals surface area contributed by atoms with E-state index in [0.29, 0.717) is 39.1 Å². The van der Waals surface area contributed by atoms with Gasteiger partial charge >= 0.3 is 0 Å². The number of aryl methyl sites for hydroxylation is 1. The van der Waals surface area contributed by atoms with Gasteiger partial charge in [-0.15, -0.1) is 0 Å². The minimum absolute atomic E-state index is 0.00321. The molecule has 2 saturated heterocycles. The van der Waals surface area contributed by atoms with Gasteiger partial charge in [0.25, 0.3) is 5.91 Å². The Hall–Kier alpha value is -2.65. The summed E-state index contributed by atoms with van der Waals surface area (Å²) in [7, 11) is -3.59. The number of sulfonamides is 1. The van der Waals surface area contributed by atoms with E-state index in [1.807, 2.05) is 6.92 Å². The van der Waals surface area contributed by atoms with E-state index in [-0.39, 0.29) is 34.9 Å². The second kappa shape index (κ2) is 9.46. The Balaban J connectivity index is 1.39. The minimum atomic E-state index is -3.59. The van der Waals surface area contributed by atoms with Gasteiger partial charge in [-0.05, 0) is 50.5 Å². The molecule has 3 heterocycles. The van der Waals surface area contributed by atoms with Crippen LogP contribution in [0.25, 0.3) is 0 Å². The zero-order valence-electron chi connectivity index (χ0n) is 18.3. The van der Waals surface area contributed by atoms with Crippen molar-refractivity contribution in [3.63, 3.8) is 0 Å². The Kier molecular flexibility index (Phi) is 6.66. The summed E-state index contributed by atoms with van der Waals surface area (Å²) in [5.41, 5.74) is 1.00. The Morgan fingerprint density at radius 3 is 2.41 bits per heavy atom. The fraction of sp³-hybridized carbons (Fsp3) is 0.478. The van der Waals surface area contributed by atoms with Gasteiger partial charge in [0, 0.05) is 39.3 Å². The van der Waals surface area contributed by atoms with E-state index in [0.717, 1.165) is 18.4 Å². The van der Waals surface area contributed by atoms with Crippen molar-refractivity contribution >= 4 is 21.8 Å². The molecule has 2 amide bonds. The van der Waals surface area contributed by atoms with E-state index in [9.17, 15) is 18.0 Å². The first-order chi connectivity index (χ1) is 15.4. The van der Waals surface area contributed by atoms with Crippen LogP contribution >= 0.6 is 0 Å². The summed E-state index contributed by atoms with van der Waals surface area (Å²) in [6.45, 7) is 4.40. The molecule has 2 fully saturated rings. The molecular weight excluding hydrogens is 430 g/mol. The number of hydrogen-bond acceptors (Lipinski definition) is 5. The average Bonchev–Trinajstić information content (AvgIpc) is 3.22. The average molecular weight is 460 g/mol. The smallest absolute Gasteiger partial charge is 0.289 e. The van der Waals surface area contributed by atoms with Crippen LogP contribution in [0.5, 0.6) is 0 Å². The molecule has 2 aliphatic heterocycles.